The van der Waals surface area contributed by atoms with Gasteiger partial charge >= 0.3 is 0 Å². The lowest BCUT2D eigenvalue weighted by Gasteiger charge is -2.29. The van der Waals surface area contributed by atoms with Crippen LogP contribution < -0.4 is 5.32 Å². The molecular formula is C18H19F2NO. The van der Waals surface area contributed by atoms with E-state index >= 15 is 0 Å². The summed E-state index contributed by atoms with van der Waals surface area (Å²) in [4.78, 5) is 0. The van der Waals surface area contributed by atoms with Crippen LogP contribution in [0.4, 0.5) is 8.78 Å². The van der Waals surface area contributed by atoms with E-state index in [-0.39, 0.29) is 17.7 Å². The van der Waals surface area contributed by atoms with Crippen LogP contribution in [0, 0.1) is 11.6 Å². The Morgan fingerprint density at radius 1 is 0.955 bits per heavy atom. The second-order valence-corrected chi connectivity index (χ2v) is 5.54. The standard InChI is InChI=1S/C18H19F2NO/c19-14-7-5-13(6-8-14)18(16-3-1-2-4-17(16)20)22-15-9-11-21-12-10-15/h1-8,15,18,21H,9-12H2. The molecule has 0 aromatic heterocycles. The Morgan fingerprint density at radius 2 is 1.64 bits per heavy atom. The first-order chi connectivity index (χ1) is 10.7. The van der Waals surface area contributed by atoms with Gasteiger partial charge in [0.1, 0.15) is 17.7 Å². The van der Waals surface area contributed by atoms with E-state index in [1.807, 2.05) is 0 Å². The molecule has 0 radical (unpaired) electrons. The summed E-state index contributed by atoms with van der Waals surface area (Å²) in [5, 5.41) is 3.28. The Hall–Kier alpha value is -1.78. The summed E-state index contributed by atoms with van der Waals surface area (Å²) in [7, 11) is 0. The maximum absolute atomic E-state index is 14.2. The van der Waals surface area contributed by atoms with Gasteiger partial charge in [-0.05, 0) is 49.7 Å². The molecule has 1 atom stereocenters. The monoisotopic (exact) mass is 303 g/mol. The molecule has 1 saturated heterocycles. The zero-order chi connectivity index (χ0) is 15.4. The Balaban J connectivity index is 1.91. The van der Waals surface area contributed by atoms with Crippen molar-refractivity contribution in [2.45, 2.75) is 25.0 Å². The van der Waals surface area contributed by atoms with E-state index in [1.54, 1.807) is 30.3 Å². The second-order valence-electron chi connectivity index (χ2n) is 5.54. The number of piperidine rings is 1. The van der Waals surface area contributed by atoms with Crippen molar-refractivity contribution < 1.29 is 13.5 Å². The van der Waals surface area contributed by atoms with Crippen LogP contribution in [-0.2, 0) is 4.74 Å². The van der Waals surface area contributed by atoms with Crippen LogP contribution in [0.3, 0.4) is 0 Å². The van der Waals surface area contributed by atoms with Crippen molar-refractivity contribution in [1.29, 1.82) is 0 Å². The normalized spacial score (nSPS) is 17.4. The van der Waals surface area contributed by atoms with Crippen molar-refractivity contribution in [3.05, 3.63) is 71.3 Å². The predicted molar refractivity (Wildman–Crippen MR) is 81.6 cm³/mol. The molecule has 2 aromatic rings. The van der Waals surface area contributed by atoms with Crippen LogP contribution in [-0.4, -0.2) is 19.2 Å². The summed E-state index contributed by atoms with van der Waals surface area (Å²) in [5.41, 5.74) is 1.26. The summed E-state index contributed by atoms with van der Waals surface area (Å²) >= 11 is 0. The molecule has 0 bridgehead atoms. The molecule has 3 rings (SSSR count). The quantitative estimate of drug-likeness (QED) is 0.927. The fraction of sp³-hybridized carbons (Fsp3) is 0.333. The van der Waals surface area contributed by atoms with Gasteiger partial charge in [-0.3, -0.25) is 0 Å². The molecule has 1 fully saturated rings. The van der Waals surface area contributed by atoms with Crippen LogP contribution in [0.15, 0.2) is 48.5 Å². The van der Waals surface area contributed by atoms with E-state index in [9.17, 15) is 8.78 Å². The molecular weight excluding hydrogens is 284 g/mol. The van der Waals surface area contributed by atoms with E-state index in [2.05, 4.69) is 5.32 Å². The number of ether oxygens (including phenoxy) is 1. The van der Waals surface area contributed by atoms with Crippen LogP contribution in [0.2, 0.25) is 0 Å². The largest absolute Gasteiger partial charge is 0.365 e. The summed E-state index contributed by atoms with van der Waals surface area (Å²) in [6.07, 6.45) is 1.36. The summed E-state index contributed by atoms with van der Waals surface area (Å²) in [5.74, 6) is -0.608. The molecule has 1 aliphatic heterocycles. The first-order valence-electron chi connectivity index (χ1n) is 7.60. The highest BCUT2D eigenvalue weighted by molar-refractivity contribution is 5.31. The Kier molecular flexibility index (Phi) is 4.80. The smallest absolute Gasteiger partial charge is 0.129 e. The lowest BCUT2D eigenvalue weighted by atomic mass is 9.99. The van der Waals surface area contributed by atoms with E-state index < -0.39 is 6.10 Å². The Labute approximate surface area is 129 Å². The topological polar surface area (TPSA) is 21.3 Å². The molecule has 2 nitrogen and oxygen atoms in total. The van der Waals surface area contributed by atoms with Gasteiger partial charge in [-0.15, -0.1) is 0 Å². The van der Waals surface area contributed by atoms with Gasteiger partial charge in [0.25, 0.3) is 0 Å². The first-order valence-corrected chi connectivity index (χ1v) is 7.60. The molecule has 1 heterocycles. The Morgan fingerprint density at radius 3 is 2.32 bits per heavy atom. The molecule has 0 aliphatic carbocycles. The zero-order valence-electron chi connectivity index (χ0n) is 12.3. The summed E-state index contributed by atoms with van der Waals surface area (Å²) < 4.78 is 33.5. The maximum Gasteiger partial charge on any atom is 0.129 e. The van der Waals surface area contributed by atoms with Gasteiger partial charge in [-0.2, -0.15) is 0 Å². The minimum absolute atomic E-state index is 0.0795. The molecule has 0 spiro atoms. The summed E-state index contributed by atoms with van der Waals surface area (Å²) in [6, 6.07) is 12.7. The third-order valence-corrected chi connectivity index (χ3v) is 3.98. The third kappa shape index (κ3) is 3.51. The lowest BCUT2D eigenvalue weighted by Crippen LogP contribution is -2.33. The molecule has 0 amide bonds. The molecule has 2 aromatic carbocycles. The summed E-state index contributed by atoms with van der Waals surface area (Å²) in [6.45, 7) is 1.80. The lowest BCUT2D eigenvalue weighted by molar-refractivity contribution is -0.00950. The van der Waals surface area contributed by atoms with Crippen LogP contribution in [0.1, 0.15) is 30.1 Å². The van der Waals surface area contributed by atoms with Gasteiger partial charge in [0, 0.05) is 5.56 Å². The highest BCUT2D eigenvalue weighted by atomic mass is 19.1. The number of nitrogens with one attached hydrogen (secondary N) is 1. The van der Waals surface area contributed by atoms with Gasteiger partial charge in [0.05, 0.1) is 6.10 Å². The van der Waals surface area contributed by atoms with Gasteiger partial charge in [-0.1, -0.05) is 30.3 Å². The van der Waals surface area contributed by atoms with Crippen molar-refractivity contribution >= 4 is 0 Å². The highest BCUT2D eigenvalue weighted by Crippen LogP contribution is 2.31. The molecule has 1 unspecified atom stereocenters. The van der Waals surface area contributed by atoms with Crippen LogP contribution >= 0.6 is 0 Å². The number of hydrogen-bond donors (Lipinski definition) is 1. The average molecular weight is 303 g/mol. The van der Waals surface area contributed by atoms with Crippen molar-refractivity contribution in [2.24, 2.45) is 0 Å². The van der Waals surface area contributed by atoms with Gasteiger partial charge in [0.15, 0.2) is 0 Å². The molecule has 4 heteroatoms. The maximum atomic E-state index is 14.2. The van der Waals surface area contributed by atoms with Crippen molar-refractivity contribution in [3.8, 4) is 0 Å². The SMILES string of the molecule is Fc1ccc(C(OC2CCNCC2)c2ccccc2F)cc1. The number of benzene rings is 2. The van der Waals surface area contributed by atoms with E-state index in [4.69, 9.17) is 4.74 Å². The van der Waals surface area contributed by atoms with E-state index in [0.29, 0.717) is 5.56 Å². The van der Waals surface area contributed by atoms with Crippen molar-refractivity contribution in [3.63, 3.8) is 0 Å². The van der Waals surface area contributed by atoms with Gasteiger partial charge < -0.3 is 10.1 Å². The zero-order valence-corrected chi connectivity index (χ0v) is 12.3. The Bertz CT molecular complexity index is 609. The van der Waals surface area contributed by atoms with Crippen molar-refractivity contribution in [2.75, 3.05) is 13.1 Å². The predicted octanol–water partition coefficient (Wildman–Crippen LogP) is 3.82. The molecule has 1 aliphatic rings. The van der Waals surface area contributed by atoms with Gasteiger partial charge in [-0.25, -0.2) is 8.78 Å². The number of hydrogen-bond acceptors (Lipinski definition) is 2. The van der Waals surface area contributed by atoms with Gasteiger partial charge in [0.2, 0.25) is 0 Å². The third-order valence-electron chi connectivity index (χ3n) is 3.98. The number of halogens is 2. The first kappa shape index (κ1) is 15.1. The molecule has 22 heavy (non-hydrogen) atoms. The highest BCUT2D eigenvalue weighted by Gasteiger charge is 2.24. The fourth-order valence-electron chi connectivity index (χ4n) is 2.78. The average Bonchev–Trinajstić information content (AvgIpc) is 2.55. The van der Waals surface area contributed by atoms with Crippen LogP contribution in [0.25, 0.3) is 0 Å². The minimum atomic E-state index is -0.509. The van der Waals surface area contributed by atoms with Crippen LogP contribution in [0.5, 0.6) is 0 Å². The molecule has 116 valence electrons. The fourth-order valence-corrected chi connectivity index (χ4v) is 2.78. The molecule has 0 saturated carbocycles. The minimum Gasteiger partial charge on any atom is -0.365 e. The van der Waals surface area contributed by atoms with Crippen molar-refractivity contribution in [1.82, 2.24) is 5.32 Å². The number of rotatable bonds is 4. The van der Waals surface area contributed by atoms with E-state index in [0.717, 1.165) is 31.5 Å². The molecule has 1 N–H and O–H groups in total. The van der Waals surface area contributed by atoms with E-state index in [1.165, 1.54) is 18.2 Å². The second kappa shape index (κ2) is 6.99.